The molecular formula is C16H19IN6S. The van der Waals surface area contributed by atoms with Crippen LogP contribution >= 0.6 is 35.3 Å². The lowest BCUT2D eigenvalue weighted by Crippen LogP contribution is -2.33. The predicted molar refractivity (Wildman–Crippen MR) is 108 cm³/mol. The molecule has 3 N–H and O–H groups in total. The molecule has 0 radical (unpaired) electrons. The number of rotatable bonds is 6. The van der Waals surface area contributed by atoms with Crippen LogP contribution in [0.3, 0.4) is 0 Å². The highest BCUT2D eigenvalue weighted by atomic mass is 127. The monoisotopic (exact) mass is 454 g/mol. The number of nitrogens with two attached hydrogens (primary N) is 1. The van der Waals surface area contributed by atoms with Gasteiger partial charge in [0.15, 0.2) is 5.96 Å². The van der Waals surface area contributed by atoms with Gasteiger partial charge in [0.1, 0.15) is 12.7 Å². The van der Waals surface area contributed by atoms with Gasteiger partial charge in [-0.15, -0.1) is 35.3 Å². The molecule has 0 aliphatic rings. The minimum atomic E-state index is 0. The van der Waals surface area contributed by atoms with E-state index in [1.54, 1.807) is 22.3 Å². The van der Waals surface area contributed by atoms with Gasteiger partial charge in [0.2, 0.25) is 0 Å². The number of thiophene rings is 1. The SMILES string of the molecule is I.NC(=NCc1ccc(-n2cncn2)cc1)NCCc1cccs1. The zero-order valence-electron chi connectivity index (χ0n) is 13.0. The third-order valence-corrected chi connectivity index (χ3v) is 4.25. The highest BCUT2D eigenvalue weighted by molar-refractivity contribution is 14.0. The van der Waals surface area contributed by atoms with Crippen molar-refractivity contribution in [3.63, 3.8) is 0 Å². The lowest BCUT2D eigenvalue weighted by Gasteiger charge is -2.05. The molecule has 0 saturated carbocycles. The Morgan fingerprint density at radius 2 is 2.08 bits per heavy atom. The molecule has 2 aromatic heterocycles. The summed E-state index contributed by atoms with van der Waals surface area (Å²) in [5, 5.41) is 9.31. The van der Waals surface area contributed by atoms with E-state index in [0.717, 1.165) is 24.2 Å². The highest BCUT2D eigenvalue weighted by Gasteiger charge is 1.98. The van der Waals surface area contributed by atoms with Gasteiger partial charge in [-0.25, -0.2) is 14.7 Å². The Labute approximate surface area is 161 Å². The molecule has 3 aromatic rings. The fraction of sp³-hybridized carbons (Fsp3) is 0.188. The normalized spacial score (nSPS) is 11.1. The summed E-state index contributed by atoms with van der Waals surface area (Å²) in [5.41, 5.74) is 7.95. The van der Waals surface area contributed by atoms with Crippen LogP contribution in [-0.4, -0.2) is 27.3 Å². The van der Waals surface area contributed by atoms with Gasteiger partial charge in [0, 0.05) is 11.4 Å². The van der Waals surface area contributed by atoms with Gasteiger partial charge < -0.3 is 11.1 Å². The first-order valence-corrected chi connectivity index (χ1v) is 8.19. The molecule has 2 heterocycles. The molecule has 0 aliphatic carbocycles. The summed E-state index contributed by atoms with van der Waals surface area (Å²) in [7, 11) is 0. The number of benzene rings is 1. The molecule has 0 amide bonds. The van der Waals surface area contributed by atoms with Crippen molar-refractivity contribution in [2.45, 2.75) is 13.0 Å². The molecular weight excluding hydrogens is 435 g/mol. The Bertz CT molecular complexity index is 737. The molecule has 0 saturated heterocycles. The number of aliphatic imine (C=N–C) groups is 1. The van der Waals surface area contributed by atoms with Crippen molar-refractivity contribution >= 4 is 41.3 Å². The number of hydrogen-bond acceptors (Lipinski definition) is 4. The molecule has 24 heavy (non-hydrogen) atoms. The van der Waals surface area contributed by atoms with Gasteiger partial charge >= 0.3 is 0 Å². The molecule has 1 aromatic carbocycles. The van der Waals surface area contributed by atoms with Crippen LogP contribution in [0.2, 0.25) is 0 Å². The molecule has 3 rings (SSSR count). The molecule has 0 bridgehead atoms. The van der Waals surface area contributed by atoms with E-state index in [-0.39, 0.29) is 24.0 Å². The van der Waals surface area contributed by atoms with Crippen molar-refractivity contribution < 1.29 is 0 Å². The second-order valence-corrected chi connectivity index (χ2v) is 6.00. The Morgan fingerprint density at radius 1 is 1.25 bits per heavy atom. The van der Waals surface area contributed by atoms with Gasteiger partial charge in [-0.3, -0.25) is 0 Å². The molecule has 0 fully saturated rings. The summed E-state index contributed by atoms with van der Waals surface area (Å²) in [6.07, 6.45) is 4.14. The second-order valence-electron chi connectivity index (χ2n) is 4.96. The van der Waals surface area contributed by atoms with Crippen LogP contribution < -0.4 is 11.1 Å². The summed E-state index contributed by atoms with van der Waals surface area (Å²) in [4.78, 5) is 9.63. The Morgan fingerprint density at radius 3 is 2.75 bits per heavy atom. The van der Waals surface area contributed by atoms with Crippen LogP contribution in [0.4, 0.5) is 0 Å². The molecule has 0 aliphatic heterocycles. The number of nitrogens with zero attached hydrogens (tertiary/aromatic N) is 4. The van der Waals surface area contributed by atoms with Gasteiger partial charge in [-0.1, -0.05) is 18.2 Å². The van der Waals surface area contributed by atoms with Gasteiger partial charge in [-0.05, 0) is 35.6 Å². The van der Waals surface area contributed by atoms with Crippen molar-refractivity contribution in [2.75, 3.05) is 6.54 Å². The van der Waals surface area contributed by atoms with Gasteiger partial charge in [0.05, 0.1) is 12.2 Å². The maximum Gasteiger partial charge on any atom is 0.188 e. The van der Waals surface area contributed by atoms with Crippen molar-refractivity contribution in [3.8, 4) is 5.69 Å². The Hall–Kier alpha value is -1.94. The molecule has 8 heteroatoms. The first-order valence-electron chi connectivity index (χ1n) is 7.31. The van der Waals surface area contributed by atoms with Crippen LogP contribution in [0.25, 0.3) is 5.69 Å². The first kappa shape index (κ1) is 18.4. The van der Waals surface area contributed by atoms with Gasteiger partial charge in [0.25, 0.3) is 0 Å². The van der Waals surface area contributed by atoms with Crippen molar-refractivity contribution in [1.82, 2.24) is 20.1 Å². The van der Waals surface area contributed by atoms with Crippen LogP contribution in [0.1, 0.15) is 10.4 Å². The van der Waals surface area contributed by atoms with Crippen molar-refractivity contribution in [1.29, 1.82) is 0 Å². The van der Waals surface area contributed by atoms with E-state index in [1.165, 1.54) is 11.2 Å². The van der Waals surface area contributed by atoms with E-state index < -0.39 is 0 Å². The largest absolute Gasteiger partial charge is 0.370 e. The zero-order chi connectivity index (χ0) is 15.9. The van der Waals surface area contributed by atoms with Crippen molar-refractivity contribution in [2.24, 2.45) is 10.7 Å². The second kappa shape index (κ2) is 9.38. The van der Waals surface area contributed by atoms with E-state index in [0.29, 0.717) is 12.5 Å². The fourth-order valence-corrected chi connectivity index (χ4v) is 2.81. The maximum atomic E-state index is 5.89. The van der Waals surface area contributed by atoms with E-state index >= 15 is 0 Å². The number of hydrogen-bond donors (Lipinski definition) is 2. The van der Waals surface area contributed by atoms with Gasteiger partial charge in [-0.2, -0.15) is 5.10 Å². The molecule has 0 atom stereocenters. The average Bonchev–Trinajstić information content (AvgIpc) is 3.27. The molecule has 0 unspecified atom stereocenters. The number of guanidine groups is 1. The number of halogens is 1. The zero-order valence-corrected chi connectivity index (χ0v) is 16.1. The minimum absolute atomic E-state index is 0. The van der Waals surface area contributed by atoms with Crippen LogP contribution in [0.5, 0.6) is 0 Å². The average molecular weight is 454 g/mol. The quantitative estimate of drug-likeness (QED) is 0.341. The minimum Gasteiger partial charge on any atom is -0.370 e. The van der Waals surface area contributed by atoms with E-state index in [2.05, 4.69) is 37.9 Å². The van der Waals surface area contributed by atoms with Crippen LogP contribution in [0.15, 0.2) is 59.4 Å². The summed E-state index contributed by atoms with van der Waals surface area (Å²) in [6.45, 7) is 1.34. The standard InChI is InChI=1S/C16H18N6S.HI/c17-16(19-8-7-15-2-1-9-23-15)20-10-13-3-5-14(6-4-13)22-12-18-11-21-22;/h1-6,9,11-12H,7-8,10H2,(H3,17,19,20);1H. The summed E-state index contributed by atoms with van der Waals surface area (Å²) in [5.74, 6) is 0.474. The predicted octanol–water partition coefficient (Wildman–Crippen LogP) is 2.59. The third-order valence-electron chi connectivity index (χ3n) is 3.31. The summed E-state index contributed by atoms with van der Waals surface area (Å²) >= 11 is 1.75. The smallest absolute Gasteiger partial charge is 0.188 e. The third kappa shape index (κ3) is 5.31. The maximum absolute atomic E-state index is 5.89. The Balaban J connectivity index is 0.00000208. The topological polar surface area (TPSA) is 81.1 Å². The van der Waals surface area contributed by atoms with E-state index in [1.807, 2.05) is 24.3 Å². The first-order chi connectivity index (χ1) is 11.3. The lowest BCUT2D eigenvalue weighted by atomic mass is 10.2. The highest BCUT2D eigenvalue weighted by Crippen LogP contribution is 2.09. The van der Waals surface area contributed by atoms with Crippen LogP contribution in [0, 0.1) is 0 Å². The lowest BCUT2D eigenvalue weighted by molar-refractivity contribution is 0.856. The molecule has 126 valence electrons. The summed E-state index contributed by atoms with van der Waals surface area (Å²) < 4.78 is 1.72. The fourth-order valence-electron chi connectivity index (χ4n) is 2.10. The van der Waals surface area contributed by atoms with Crippen molar-refractivity contribution in [3.05, 3.63) is 64.9 Å². The Kier molecular flexibility index (Phi) is 7.19. The summed E-state index contributed by atoms with van der Waals surface area (Å²) in [6, 6.07) is 12.2. The molecule has 6 nitrogen and oxygen atoms in total. The number of aromatic nitrogens is 3. The van der Waals surface area contributed by atoms with E-state index in [9.17, 15) is 0 Å². The van der Waals surface area contributed by atoms with E-state index in [4.69, 9.17) is 5.73 Å². The molecule has 0 spiro atoms. The number of nitrogens with one attached hydrogen (secondary N) is 1. The van der Waals surface area contributed by atoms with Crippen LogP contribution in [-0.2, 0) is 13.0 Å².